The van der Waals surface area contributed by atoms with Crippen LogP contribution in [0.5, 0.6) is 0 Å². The molecule has 0 spiro atoms. The first kappa shape index (κ1) is 26.6. The second-order valence-corrected chi connectivity index (χ2v) is 5.42. The van der Waals surface area contributed by atoms with Gasteiger partial charge in [0.05, 0.1) is 85.9 Å². The van der Waals surface area contributed by atoms with Crippen LogP contribution >= 0.6 is 0 Å². The fraction of sp³-hybridized carbons (Fsp3) is 1.00. The lowest BCUT2D eigenvalue weighted by molar-refractivity contribution is -0.00888. The molecular formula is C18H39NO8. The van der Waals surface area contributed by atoms with Gasteiger partial charge in [-0.05, 0) is 6.42 Å². The van der Waals surface area contributed by atoms with Gasteiger partial charge in [0.25, 0.3) is 0 Å². The number of hydrogen-bond donors (Lipinski definition) is 1. The summed E-state index contributed by atoms with van der Waals surface area (Å²) in [7, 11) is 1.65. The second kappa shape index (κ2) is 25.6. The minimum absolute atomic E-state index is 0.537. The molecule has 0 unspecified atom stereocenters. The molecule has 0 aliphatic carbocycles. The first-order valence-electron chi connectivity index (χ1n) is 9.65. The van der Waals surface area contributed by atoms with Crippen LogP contribution in [0.1, 0.15) is 6.42 Å². The van der Waals surface area contributed by atoms with Crippen molar-refractivity contribution in [3.8, 4) is 0 Å². The Kier molecular flexibility index (Phi) is 25.3. The second-order valence-electron chi connectivity index (χ2n) is 5.42. The Bertz CT molecular complexity index is 238. The molecule has 164 valence electrons. The van der Waals surface area contributed by atoms with E-state index in [1.165, 1.54) is 0 Å². The quantitative estimate of drug-likeness (QED) is 0.227. The highest BCUT2D eigenvalue weighted by molar-refractivity contribution is 4.39. The normalized spacial score (nSPS) is 11.3. The average Bonchev–Trinajstić information content (AvgIpc) is 2.68. The third kappa shape index (κ3) is 25.6. The van der Waals surface area contributed by atoms with Gasteiger partial charge in [-0.3, -0.25) is 0 Å². The number of hydrogen-bond acceptors (Lipinski definition) is 9. The van der Waals surface area contributed by atoms with Crippen molar-refractivity contribution in [1.29, 1.82) is 0 Å². The molecule has 9 nitrogen and oxygen atoms in total. The fourth-order valence-corrected chi connectivity index (χ4v) is 1.79. The van der Waals surface area contributed by atoms with E-state index >= 15 is 0 Å². The van der Waals surface area contributed by atoms with E-state index in [1.807, 2.05) is 0 Å². The van der Waals surface area contributed by atoms with Gasteiger partial charge in [0.15, 0.2) is 0 Å². The molecule has 0 fully saturated rings. The summed E-state index contributed by atoms with van der Waals surface area (Å²) in [6.07, 6.45) is 0.853. The minimum Gasteiger partial charge on any atom is -0.382 e. The lowest BCUT2D eigenvalue weighted by atomic mass is 10.5. The standard InChI is InChI=1S/C18H39NO8/c1-20-7-8-24-15-16-25-12-9-21-4-2-5-22-10-13-26-17-18-27-14-11-23-6-3-19/h2-19H2,1H3. The van der Waals surface area contributed by atoms with Crippen LogP contribution in [0.25, 0.3) is 0 Å². The Labute approximate surface area is 163 Å². The smallest absolute Gasteiger partial charge is 0.0701 e. The molecule has 0 heterocycles. The molecule has 0 saturated carbocycles. The van der Waals surface area contributed by atoms with Crippen LogP contribution in [0.4, 0.5) is 0 Å². The summed E-state index contributed by atoms with van der Waals surface area (Å²) < 4.78 is 42.4. The van der Waals surface area contributed by atoms with Crippen molar-refractivity contribution in [2.75, 3.05) is 113 Å². The highest BCUT2D eigenvalue weighted by Gasteiger charge is 1.94. The predicted molar refractivity (Wildman–Crippen MR) is 101 cm³/mol. The van der Waals surface area contributed by atoms with Crippen LogP contribution in [0.15, 0.2) is 0 Å². The highest BCUT2D eigenvalue weighted by Crippen LogP contribution is 1.88. The van der Waals surface area contributed by atoms with Crippen molar-refractivity contribution in [3.05, 3.63) is 0 Å². The molecule has 0 aromatic carbocycles. The third-order valence-electron chi connectivity index (χ3n) is 3.13. The van der Waals surface area contributed by atoms with Crippen LogP contribution in [-0.2, 0) is 37.9 Å². The van der Waals surface area contributed by atoms with E-state index in [1.54, 1.807) is 7.11 Å². The van der Waals surface area contributed by atoms with Gasteiger partial charge < -0.3 is 43.6 Å². The molecule has 2 N–H and O–H groups in total. The molecule has 0 atom stereocenters. The van der Waals surface area contributed by atoms with Gasteiger partial charge >= 0.3 is 0 Å². The van der Waals surface area contributed by atoms with Gasteiger partial charge in [-0.15, -0.1) is 0 Å². The van der Waals surface area contributed by atoms with Crippen molar-refractivity contribution in [2.45, 2.75) is 6.42 Å². The van der Waals surface area contributed by atoms with Crippen LogP contribution < -0.4 is 5.73 Å². The zero-order valence-corrected chi connectivity index (χ0v) is 16.9. The third-order valence-corrected chi connectivity index (χ3v) is 3.13. The predicted octanol–water partition coefficient (Wildman–Crippen LogP) is 0.0978. The molecule has 27 heavy (non-hydrogen) atoms. The maximum Gasteiger partial charge on any atom is 0.0701 e. The minimum atomic E-state index is 0.537. The lowest BCUT2D eigenvalue weighted by Gasteiger charge is -2.08. The monoisotopic (exact) mass is 397 g/mol. The Morgan fingerprint density at radius 2 is 0.704 bits per heavy atom. The Morgan fingerprint density at radius 1 is 0.407 bits per heavy atom. The van der Waals surface area contributed by atoms with Crippen molar-refractivity contribution >= 4 is 0 Å². The van der Waals surface area contributed by atoms with Crippen molar-refractivity contribution in [3.63, 3.8) is 0 Å². The van der Waals surface area contributed by atoms with Gasteiger partial charge in [0.2, 0.25) is 0 Å². The van der Waals surface area contributed by atoms with E-state index in [4.69, 9.17) is 43.6 Å². The van der Waals surface area contributed by atoms with E-state index in [0.717, 1.165) is 6.42 Å². The van der Waals surface area contributed by atoms with Crippen molar-refractivity contribution < 1.29 is 37.9 Å². The van der Waals surface area contributed by atoms with Gasteiger partial charge in [-0.25, -0.2) is 0 Å². The molecule has 0 rings (SSSR count). The van der Waals surface area contributed by atoms with E-state index in [9.17, 15) is 0 Å². The number of nitrogens with two attached hydrogens (primary N) is 1. The summed E-state index contributed by atoms with van der Waals surface area (Å²) in [6.45, 7) is 9.32. The van der Waals surface area contributed by atoms with Crippen molar-refractivity contribution in [1.82, 2.24) is 0 Å². The van der Waals surface area contributed by atoms with Crippen LogP contribution in [0.2, 0.25) is 0 Å². The topological polar surface area (TPSA) is 99.9 Å². The summed E-state index contributed by atoms with van der Waals surface area (Å²) in [6, 6.07) is 0. The van der Waals surface area contributed by atoms with E-state index in [0.29, 0.717) is 106 Å². The van der Waals surface area contributed by atoms with Crippen molar-refractivity contribution in [2.24, 2.45) is 5.73 Å². The molecule has 0 radical (unpaired) electrons. The zero-order valence-electron chi connectivity index (χ0n) is 16.9. The maximum atomic E-state index is 5.46. The summed E-state index contributed by atoms with van der Waals surface area (Å²) in [5.41, 5.74) is 5.30. The summed E-state index contributed by atoms with van der Waals surface area (Å²) in [5, 5.41) is 0. The SMILES string of the molecule is COCCOCCOCCOCCCOCCOCCOCCOCCN. The zero-order chi connectivity index (χ0) is 19.7. The van der Waals surface area contributed by atoms with E-state index in [-0.39, 0.29) is 0 Å². The maximum absolute atomic E-state index is 5.46. The largest absolute Gasteiger partial charge is 0.382 e. The average molecular weight is 398 g/mol. The summed E-state index contributed by atoms with van der Waals surface area (Å²) in [5.74, 6) is 0. The summed E-state index contributed by atoms with van der Waals surface area (Å²) >= 11 is 0. The molecule has 0 aromatic rings. The summed E-state index contributed by atoms with van der Waals surface area (Å²) in [4.78, 5) is 0. The molecule has 0 aliphatic rings. The number of methoxy groups -OCH3 is 1. The molecular weight excluding hydrogens is 358 g/mol. The van der Waals surface area contributed by atoms with Crippen LogP contribution in [0, 0.1) is 0 Å². The number of rotatable bonds is 24. The molecule has 0 aromatic heterocycles. The molecule has 0 bridgehead atoms. The van der Waals surface area contributed by atoms with Crippen LogP contribution in [-0.4, -0.2) is 113 Å². The van der Waals surface area contributed by atoms with Gasteiger partial charge in [0, 0.05) is 26.9 Å². The van der Waals surface area contributed by atoms with E-state index in [2.05, 4.69) is 0 Å². The Hall–Kier alpha value is -0.360. The molecule has 0 saturated heterocycles. The van der Waals surface area contributed by atoms with Gasteiger partial charge in [-0.2, -0.15) is 0 Å². The molecule has 0 aliphatic heterocycles. The first-order chi connectivity index (χ1) is 13.4. The lowest BCUT2D eigenvalue weighted by Crippen LogP contribution is -2.14. The molecule has 0 amide bonds. The highest BCUT2D eigenvalue weighted by atomic mass is 16.6. The Morgan fingerprint density at radius 3 is 1.04 bits per heavy atom. The van der Waals surface area contributed by atoms with Gasteiger partial charge in [0.1, 0.15) is 0 Å². The molecule has 9 heteroatoms. The van der Waals surface area contributed by atoms with E-state index < -0.39 is 0 Å². The fourth-order valence-electron chi connectivity index (χ4n) is 1.79. The first-order valence-corrected chi connectivity index (χ1v) is 9.65. The number of ether oxygens (including phenoxy) is 8. The Balaban J connectivity index is 2.95. The van der Waals surface area contributed by atoms with Crippen LogP contribution in [0.3, 0.4) is 0 Å². The van der Waals surface area contributed by atoms with Gasteiger partial charge in [-0.1, -0.05) is 0 Å².